The number of hydrogen-bond acceptors (Lipinski definition) is 14. The number of nitrogens with two attached hydrogens (primary N) is 1. The number of aliphatic imine (C=N–C) groups is 1. The predicted octanol–water partition coefficient (Wildman–Crippen LogP) is 4.66. The van der Waals surface area contributed by atoms with Crippen LogP contribution in [0, 0.1) is 5.82 Å². The Labute approximate surface area is 303 Å². The normalized spacial score (nSPS) is 12.1. The van der Waals surface area contributed by atoms with Crippen molar-refractivity contribution >= 4 is 23.8 Å². The number of alkyl halides is 1. The van der Waals surface area contributed by atoms with Gasteiger partial charge >= 0.3 is 18.3 Å². The molecule has 0 fully saturated rings. The van der Waals surface area contributed by atoms with Crippen LogP contribution in [0.4, 0.5) is 24.1 Å². The van der Waals surface area contributed by atoms with Crippen LogP contribution in [0.25, 0.3) is 5.95 Å². The number of hydrogen-bond donors (Lipinski definition) is 3. The van der Waals surface area contributed by atoms with Gasteiger partial charge in [0.1, 0.15) is 36.5 Å². The minimum absolute atomic E-state index is 0.00782. The minimum atomic E-state index is -1.43. The van der Waals surface area contributed by atoms with Gasteiger partial charge in [-0.05, 0) is 56.7 Å². The fourth-order valence-electron chi connectivity index (χ4n) is 4.34. The van der Waals surface area contributed by atoms with E-state index in [2.05, 4.69) is 30.4 Å². The topological polar surface area (TPSA) is 217 Å². The van der Waals surface area contributed by atoms with Crippen LogP contribution >= 0.6 is 0 Å². The summed E-state index contributed by atoms with van der Waals surface area (Å²) in [4.78, 5) is 40.8. The number of aliphatic hydroxyl groups is 1. The van der Waals surface area contributed by atoms with Crippen molar-refractivity contribution in [1.29, 1.82) is 0 Å². The molecule has 284 valence electrons. The molecular formula is C34H40F2N8O9. The Morgan fingerprint density at radius 3 is 2.49 bits per heavy atom. The summed E-state index contributed by atoms with van der Waals surface area (Å²) in [7, 11) is 1.38. The number of rotatable bonds is 18. The maximum atomic E-state index is 16.2. The van der Waals surface area contributed by atoms with E-state index in [-0.39, 0.29) is 60.5 Å². The van der Waals surface area contributed by atoms with Gasteiger partial charge in [-0.1, -0.05) is 13.3 Å². The minimum Gasteiger partial charge on any atom is -0.497 e. The number of ether oxygens (including phenoxy) is 6. The van der Waals surface area contributed by atoms with Crippen molar-refractivity contribution in [3.63, 3.8) is 0 Å². The second-order valence-corrected chi connectivity index (χ2v) is 11.6. The lowest BCUT2D eigenvalue weighted by Crippen LogP contribution is -2.31. The van der Waals surface area contributed by atoms with E-state index in [1.807, 2.05) is 6.92 Å². The first-order valence-corrected chi connectivity index (χ1v) is 16.3. The summed E-state index contributed by atoms with van der Waals surface area (Å²) < 4.78 is 61.9. The van der Waals surface area contributed by atoms with Gasteiger partial charge in [-0.15, -0.1) is 9.78 Å². The number of carbonyl (C=O) groups is 2. The molecule has 0 unspecified atom stereocenters. The number of nitrogens with zero attached hydrogens (tertiary/aromatic N) is 6. The van der Waals surface area contributed by atoms with Crippen molar-refractivity contribution in [3.8, 4) is 23.5 Å². The SMILES string of the molecule is CCCCOC(=O)/N=C(\N)c1ccc(N[C@@H](c2nc(OCOC(=O)OC(C)(C)CF)n(-c3ncccn3)n2)c2cc(OC)cc(OCCO)c2F)cc1. The number of carbonyl (C=O) groups excluding carboxylic acids is 2. The molecule has 2 aromatic carbocycles. The van der Waals surface area contributed by atoms with E-state index in [1.165, 1.54) is 45.5 Å². The number of amidine groups is 1. The summed E-state index contributed by atoms with van der Waals surface area (Å²) in [6.07, 6.45) is 2.38. The molecule has 0 bridgehead atoms. The van der Waals surface area contributed by atoms with E-state index in [1.54, 1.807) is 30.3 Å². The van der Waals surface area contributed by atoms with Gasteiger partial charge in [-0.25, -0.2) is 28.3 Å². The molecule has 1 amide bonds. The molecule has 1 atom stereocenters. The molecule has 0 aliphatic heterocycles. The molecule has 0 saturated heterocycles. The number of aromatic nitrogens is 5. The third-order valence-electron chi connectivity index (χ3n) is 7.00. The first-order chi connectivity index (χ1) is 25.5. The Bertz CT molecular complexity index is 1840. The first-order valence-electron chi connectivity index (χ1n) is 16.3. The number of aliphatic hydroxyl groups excluding tert-OH is 1. The van der Waals surface area contributed by atoms with Crippen molar-refractivity contribution in [2.75, 3.05) is 45.7 Å². The lowest BCUT2D eigenvalue weighted by atomic mass is 10.0. The number of amides is 1. The summed E-state index contributed by atoms with van der Waals surface area (Å²) >= 11 is 0. The monoisotopic (exact) mass is 742 g/mol. The lowest BCUT2D eigenvalue weighted by Gasteiger charge is -2.21. The summed E-state index contributed by atoms with van der Waals surface area (Å²) in [5, 5.41) is 17.0. The predicted molar refractivity (Wildman–Crippen MR) is 184 cm³/mol. The molecule has 0 aliphatic rings. The maximum Gasteiger partial charge on any atom is 0.511 e. The molecule has 0 spiro atoms. The van der Waals surface area contributed by atoms with Crippen LogP contribution in [0.5, 0.6) is 17.5 Å². The zero-order chi connectivity index (χ0) is 38.4. The molecule has 0 radical (unpaired) electrons. The van der Waals surface area contributed by atoms with Gasteiger partial charge in [0, 0.05) is 35.3 Å². The van der Waals surface area contributed by atoms with Gasteiger partial charge in [0.25, 0.3) is 5.95 Å². The van der Waals surface area contributed by atoms with Crippen molar-refractivity contribution in [2.24, 2.45) is 10.7 Å². The molecule has 4 aromatic rings. The molecule has 2 aromatic heterocycles. The molecule has 2 heterocycles. The van der Waals surface area contributed by atoms with Crippen LogP contribution in [-0.4, -0.2) is 93.9 Å². The second kappa shape index (κ2) is 18.9. The van der Waals surface area contributed by atoms with Gasteiger partial charge < -0.3 is 44.6 Å². The standard InChI is InChI=1S/C34H40F2N8O9/c1-5-6-15-50-32(46)41-28(37)21-8-10-22(11-9-21)40-27(24-17-23(48-4)18-25(26(24)36)49-16-14-45)29-42-31(44(43-29)30-38-12-7-13-39-30)51-20-52-33(47)53-34(2,3)19-35/h7-13,17-18,27,40,45H,5-6,14-16,19-20H2,1-4H3,(H2,37,41,46)/t27-/m1/s1. The fraction of sp³-hybridized carbons (Fsp3) is 0.382. The Morgan fingerprint density at radius 2 is 1.83 bits per heavy atom. The van der Waals surface area contributed by atoms with Crippen molar-refractivity contribution in [3.05, 3.63) is 77.6 Å². The summed E-state index contributed by atoms with van der Waals surface area (Å²) in [6, 6.07) is 9.14. The van der Waals surface area contributed by atoms with Gasteiger partial charge in [-0.3, -0.25) is 0 Å². The Kier molecular flexibility index (Phi) is 14.2. The summed E-state index contributed by atoms with van der Waals surface area (Å²) in [6.45, 7) is 2.61. The van der Waals surface area contributed by atoms with Crippen molar-refractivity contribution in [1.82, 2.24) is 24.7 Å². The Hall–Kier alpha value is -6.11. The smallest absolute Gasteiger partial charge is 0.497 e. The van der Waals surface area contributed by atoms with Gasteiger partial charge in [0.2, 0.25) is 6.79 Å². The quantitative estimate of drug-likeness (QED) is 0.0415. The summed E-state index contributed by atoms with van der Waals surface area (Å²) in [5.74, 6) is -1.03. The van der Waals surface area contributed by atoms with Crippen molar-refractivity contribution < 1.29 is 51.9 Å². The summed E-state index contributed by atoms with van der Waals surface area (Å²) in [5.41, 5.74) is 5.37. The largest absolute Gasteiger partial charge is 0.511 e. The van der Waals surface area contributed by atoms with Crippen LogP contribution < -0.4 is 25.3 Å². The number of benzene rings is 2. The highest BCUT2D eigenvalue weighted by atomic mass is 19.1. The molecule has 0 aliphatic carbocycles. The van der Waals surface area contributed by atoms with Crippen LogP contribution in [0.3, 0.4) is 0 Å². The zero-order valence-corrected chi connectivity index (χ0v) is 29.5. The highest BCUT2D eigenvalue weighted by Crippen LogP contribution is 2.36. The molecular weight excluding hydrogens is 702 g/mol. The molecule has 53 heavy (non-hydrogen) atoms. The highest BCUT2D eigenvalue weighted by molar-refractivity contribution is 6.02. The van der Waals surface area contributed by atoms with Gasteiger partial charge in [0.15, 0.2) is 17.4 Å². The molecule has 19 heteroatoms. The number of halogens is 2. The van der Waals surface area contributed by atoms with Crippen LogP contribution in [-0.2, 0) is 14.2 Å². The Morgan fingerprint density at radius 1 is 1.09 bits per heavy atom. The molecule has 4 rings (SSSR count). The first kappa shape index (κ1) is 39.7. The molecule has 0 saturated carbocycles. The van der Waals surface area contributed by atoms with E-state index in [0.717, 1.165) is 11.1 Å². The number of nitrogens with one attached hydrogen (secondary N) is 1. The van der Waals surface area contributed by atoms with Crippen LogP contribution in [0.2, 0.25) is 0 Å². The van der Waals surface area contributed by atoms with E-state index in [0.29, 0.717) is 17.7 Å². The lowest BCUT2D eigenvalue weighted by molar-refractivity contribution is -0.0520. The Balaban J connectivity index is 1.74. The van der Waals surface area contributed by atoms with E-state index in [4.69, 9.17) is 34.2 Å². The van der Waals surface area contributed by atoms with E-state index in [9.17, 15) is 19.1 Å². The number of unbranched alkanes of at least 4 members (excludes halogenated alkanes) is 1. The molecule has 4 N–H and O–H groups in total. The number of methoxy groups -OCH3 is 1. The third kappa shape index (κ3) is 11.2. The van der Waals surface area contributed by atoms with Gasteiger partial charge in [-0.2, -0.15) is 9.98 Å². The average Bonchev–Trinajstić information content (AvgIpc) is 3.57. The van der Waals surface area contributed by atoms with E-state index < -0.39 is 43.2 Å². The van der Waals surface area contributed by atoms with Gasteiger partial charge in [0.05, 0.1) is 20.3 Å². The third-order valence-corrected chi connectivity index (χ3v) is 7.00. The zero-order valence-electron chi connectivity index (χ0n) is 29.5. The second-order valence-electron chi connectivity index (χ2n) is 11.6. The van der Waals surface area contributed by atoms with Crippen LogP contribution in [0.1, 0.15) is 56.6 Å². The number of anilines is 1. The van der Waals surface area contributed by atoms with Crippen molar-refractivity contribution in [2.45, 2.75) is 45.3 Å². The molecule has 17 nitrogen and oxygen atoms in total. The van der Waals surface area contributed by atoms with E-state index >= 15 is 4.39 Å². The maximum absolute atomic E-state index is 16.2. The highest BCUT2D eigenvalue weighted by Gasteiger charge is 2.29. The fourth-order valence-corrected chi connectivity index (χ4v) is 4.34. The average molecular weight is 743 g/mol. The van der Waals surface area contributed by atoms with Crippen LogP contribution in [0.15, 0.2) is 59.9 Å².